The summed E-state index contributed by atoms with van der Waals surface area (Å²) in [7, 11) is 0. The van der Waals surface area contributed by atoms with Crippen molar-refractivity contribution in [2.45, 2.75) is 32.4 Å². The van der Waals surface area contributed by atoms with Crippen LogP contribution in [0.4, 0.5) is 4.79 Å². The highest BCUT2D eigenvalue weighted by Crippen LogP contribution is 2.32. The maximum absolute atomic E-state index is 12.7. The molecule has 1 aliphatic rings. The number of carbonyl (C=O) groups excluding carboxylic acids is 2. The van der Waals surface area contributed by atoms with Crippen molar-refractivity contribution in [1.82, 2.24) is 15.8 Å². The van der Waals surface area contributed by atoms with Crippen LogP contribution >= 0.6 is 0 Å². The molecule has 3 aromatic rings. The maximum atomic E-state index is 12.7. The second kappa shape index (κ2) is 10.6. The van der Waals surface area contributed by atoms with E-state index in [-0.39, 0.29) is 24.4 Å². The quantitative estimate of drug-likeness (QED) is 0.520. The number of hydrazine groups is 1. The Morgan fingerprint density at radius 3 is 2.48 bits per heavy atom. The van der Waals surface area contributed by atoms with Crippen molar-refractivity contribution < 1.29 is 23.5 Å². The SMILES string of the molecule is CCOc1ccc(C2CCCN2C(=O)NNC(=O)c2ccc(COc3ccccc3)o2)cc1. The van der Waals surface area contributed by atoms with E-state index in [1.165, 1.54) is 0 Å². The van der Waals surface area contributed by atoms with Gasteiger partial charge in [-0.3, -0.25) is 10.2 Å². The van der Waals surface area contributed by atoms with Crippen LogP contribution in [-0.2, 0) is 6.61 Å². The van der Waals surface area contributed by atoms with Gasteiger partial charge in [-0.05, 0) is 61.7 Å². The van der Waals surface area contributed by atoms with Crippen LogP contribution in [0.2, 0.25) is 0 Å². The second-order valence-corrected chi connectivity index (χ2v) is 7.61. The van der Waals surface area contributed by atoms with E-state index in [2.05, 4.69) is 10.9 Å². The lowest BCUT2D eigenvalue weighted by atomic mass is 10.0. The molecule has 0 bridgehead atoms. The standard InChI is InChI=1S/C25H27N3O5/c1-2-31-20-12-10-18(11-13-20)22-9-6-16-28(22)25(30)27-26-24(29)23-15-14-21(33-23)17-32-19-7-4-3-5-8-19/h3-5,7-8,10-15,22H,2,6,9,16-17H2,1H3,(H,26,29)(H,27,30). The summed E-state index contributed by atoms with van der Waals surface area (Å²) < 4.78 is 16.6. The first kappa shape index (κ1) is 22.3. The van der Waals surface area contributed by atoms with Crippen LogP contribution in [0, 0.1) is 0 Å². The Labute approximate surface area is 192 Å². The number of hydrogen-bond acceptors (Lipinski definition) is 5. The molecule has 0 saturated carbocycles. The van der Waals surface area contributed by atoms with E-state index in [1.54, 1.807) is 17.0 Å². The molecule has 172 valence electrons. The molecule has 1 saturated heterocycles. The van der Waals surface area contributed by atoms with Crippen LogP contribution in [0.25, 0.3) is 0 Å². The van der Waals surface area contributed by atoms with Crippen LogP contribution in [-0.4, -0.2) is 30.0 Å². The molecule has 1 atom stereocenters. The summed E-state index contributed by atoms with van der Waals surface area (Å²) in [4.78, 5) is 26.9. The average Bonchev–Trinajstić information content (AvgIpc) is 3.53. The molecule has 0 spiro atoms. The lowest BCUT2D eigenvalue weighted by molar-refractivity contribution is 0.0897. The lowest BCUT2D eigenvalue weighted by Crippen LogP contribution is -2.48. The number of benzene rings is 2. The molecule has 1 unspecified atom stereocenters. The van der Waals surface area contributed by atoms with Gasteiger partial charge in [0.25, 0.3) is 0 Å². The van der Waals surface area contributed by atoms with Crippen LogP contribution in [0.15, 0.2) is 71.1 Å². The van der Waals surface area contributed by atoms with E-state index in [0.717, 1.165) is 24.2 Å². The number of ether oxygens (including phenoxy) is 2. The Morgan fingerprint density at radius 2 is 1.73 bits per heavy atom. The molecule has 8 heteroatoms. The van der Waals surface area contributed by atoms with E-state index in [9.17, 15) is 9.59 Å². The van der Waals surface area contributed by atoms with E-state index >= 15 is 0 Å². The number of amides is 3. The molecule has 8 nitrogen and oxygen atoms in total. The molecule has 2 N–H and O–H groups in total. The fourth-order valence-corrected chi connectivity index (χ4v) is 3.80. The van der Waals surface area contributed by atoms with Gasteiger partial charge in [-0.25, -0.2) is 10.2 Å². The minimum Gasteiger partial charge on any atom is -0.494 e. The highest BCUT2D eigenvalue weighted by molar-refractivity contribution is 5.92. The van der Waals surface area contributed by atoms with Gasteiger partial charge in [0.05, 0.1) is 12.6 Å². The van der Waals surface area contributed by atoms with Crippen molar-refractivity contribution in [2.24, 2.45) is 0 Å². The lowest BCUT2D eigenvalue weighted by Gasteiger charge is -2.25. The Bertz CT molecular complexity index is 1070. The Balaban J connectivity index is 1.29. The molecular formula is C25H27N3O5. The van der Waals surface area contributed by atoms with Gasteiger partial charge < -0.3 is 18.8 Å². The van der Waals surface area contributed by atoms with Crippen molar-refractivity contribution in [3.05, 3.63) is 83.8 Å². The van der Waals surface area contributed by atoms with E-state index in [1.807, 2.05) is 61.5 Å². The number of nitrogens with zero attached hydrogens (tertiary/aromatic N) is 1. The number of nitrogens with one attached hydrogen (secondary N) is 2. The highest BCUT2D eigenvalue weighted by atomic mass is 16.5. The number of carbonyl (C=O) groups is 2. The highest BCUT2D eigenvalue weighted by Gasteiger charge is 2.30. The van der Waals surface area contributed by atoms with E-state index < -0.39 is 5.91 Å². The zero-order valence-electron chi connectivity index (χ0n) is 18.5. The van der Waals surface area contributed by atoms with Gasteiger partial charge in [0.2, 0.25) is 0 Å². The number of furan rings is 1. The van der Waals surface area contributed by atoms with Gasteiger partial charge in [0, 0.05) is 6.54 Å². The third-order valence-corrected chi connectivity index (χ3v) is 5.38. The fraction of sp³-hybridized carbons (Fsp3) is 0.280. The minimum absolute atomic E-state index is 0.0528. The molecule has 1 fully saturated rings. The van der Waals surface area contributed by atoms with Crippen molar-refractivity contribution >= 4 is 11.9 Å². The summed E-state index contributed by atoms with van der Waals surface area (Å²) in [5.41, 5.74) is 5.95. The first-order valence-corrected chi connectivity index (χ1v) is 11.0. The Morgan fingerprint density at radius 1 is 0.970 bits per heavy atom. The molecular weight excluding hydrogens is 422 g/mol. The molecule has 2 heterocycles. The summed E-state index contributed by atoms with van der Waals surface area (Å²) in [5.74, 6) is 1.57. The van der Waals surface area contributed by atoms with Crippen molar-refractivity contribution in [3.63, 3.8) is 0 Å². The third kappa shape index (κ3) is 5.65. The van der Waals surface area contributed by atoms with Crippen molar-refractivity contribution in [3.8, 4) is 11.5 Å². The summed E-state index contributed by atoms with van der Waals surface area (Å²) >= 11 is 0. The Hall–Kier alpha value is -3.94. The second-order valence-electron chi connectivity index (χ2n) is 7.61. The van der Waals surface area contributed by atoms with Gasteiger partial charge in [-0.2, -0.15) is 0 Å². The van der Waals surface area contributed by atoms with Crippen LogP contribution in [0.1, 0.15) is 47.7 Å². The molecule has 2 aromatic carbocycles. The predicted octanol–water partition coefficient (Wildman–Crippen LogP) is 4.45. The largest absolute Gasteiger partial charge is 0.494 e. The zero-order valence-corrected chi connectivity index (χ0v) is 18.5. The number of urea groups is 1. The van der Waals surface area contributed by atoms with Crippen molar-refractivity contribution in [2.75, 3.05) is 13.2 Å². The maximum Gasteiger partial charge on any atom is 0.336 e. The summed E-state index contributed by atoms with van der Waals surface area (Å²) in [5, 5.41) is 0. The first-order chi connectivity index (χ1) is 16.1. The molecule has 0 aliphatic carbocycles. The summed E-state index contributed by atoms with van der Waals surface area (Å²) in [6.45, 7) is 3.35. The van der Waals surface area contributed by atoms with E-state index in [0.29, 0.717) is 24.7 Å². The fourth-order valence-electron chi connectivity index (χ4n) is 3.80. The van der Waals surface area contributed by atoms with Gasteiger partial charge in [0.15, 0.2) is 5.76 Å². The first-order valence-electron chi connectivity index (χ1n) is 11.0. The monoisotopic (exact) mass is 449 g/mol. The summed E-state index contributed by atoms with van der Waals surface area (Å²) in [6.07, 6.45) is 1.75. The third-order valence-electron chi connectivity index (χ3n) is 5.38. The van der Waals surface area contributed by atoms with Crippen LogP contribution in [0.3, 0.4) is 0 Å². The van der Waals surface area contributed by atoms with Crippen LogP contribution < -0.4 is 20.3 Å². The molecule has 1 aliphatic heterocycles. The number of rotatable bonds is 7. The Kier molecular flexibility index (Phi) is 7.14. The average molecular weight is 450 g/mol. The van der Waals surface area contributed by atoms with Gasteiger partial charge in [-0.15, -0.1) is 0 Å². The molecule has 3 amide bonds. The smallest absolute Gasteiger partial charge is 0.336 e. The number of para-hydroxylation sites is 1. The van der Waals surface area contributed by atoms with E-state index in [4.69, 9.17) is 13.9 Å². The van der Waals surface area contributed by atoms with Gasteiger partial charge in [-0.1, -0.05) is 30.3 Å². The van der Waals surface area contributed by atoms with Crippen LogP contribution in [0.5, 0.6) is 11.5 Å². The predicted molar refractivity (Wildman–Crippen MR) is 122 cm³/mol. The molecule has 1 aromatic heterocycles. The number of likely N-dealkylation sites (tertiary alicyclic amines) is 1. The van der Waals surface area contributed by atoms with Crippen molar-refractivity contribution in [1.29, 1.82) is 0 Å². The van der Waals surface area contributed by atoms with Gasteiger partial charge in [0.1, 0.15) is 23.9 Å². The normalized spacial score (nSPS) is 15.2. The summed E-state index contributed by atoms with van der Waals surface area (Å²) in [6, 6.07) is 19.9. The molecule has 4 rings (SSSR count). The topological polar surface area (TPSA) is 93.0 Å². The zero-order chi connectivity index (χ0) is 23.0. The van der Waals surface area contributed by atoms with Gasteiger partial charge >= 0.3 is 11.9 Å². The minimum atomic E-state index is -0.536. The number of hydrogen-bond donors (Lipinski definition) is 2. The molecule has 33 heavy (non-hydrogen) atoms. The molecule has 0 radical (unpaired) electrons.